The van der Waals surface area contributed by atoms with Crippen LogP contribution in [0.15, 0.2) is 30.5 Å². The van der Waals surface area contributed by atoms with Crippen molar-refractivity contribution in [1.82, 2.24) is 15.3 Å². The minimum absolute atomic E-state index is 0.0228. The van der Waals surface area contributed by atoms with Crippen molar-refractivity contribution in [3.05, 3.63) is 35.5 Å². The van der Waals surface area contributed by atoms with Crippen LogP contribution in [0.2, 0.25) is 5.02 Å². The van der Waals surface area contributed by atoms with Crippen molar-refractivity contribution in [3.63, 3.8) is 0 Å². The molecule has 11 heteroatoms. The van der Waals surface area contributed by atoms with Gasteiger partial charge in [-0.15, -0.1) is 0 Å². The molecule has 1 atom stereocenters. The quantitative estimate of drug-likeness (QED) is 0.264. The van der Waals surface area contributed by atoms with E-state index in [2.05, 4.69) is 33.9 Å². The molecule has 0 unspecified atom stereocenters. The van der Waals surface area contributed by atoms with Gasteiger partial charge in [0, 0.05) is 49.6 Å². The van der Waals surface area contributed by atoms with Crippen LogP contribution in [0.5, 0.6) is 0 Å². The van der Waals surface area contributed by atoms with Gasteiger partial charge in [0.1, 0.15) is 18.2 Å². The first-order valence-electron chi connectivity index (χ1n) is 14.9. The van der Waals surface area contributed by atoms with Crippen LogP contribution in [0.4, 0.5) is 11.6 Å². The van der Waals surface area contributed by atoms with Gasteiger partial charge >= 0.3 is 5.97 Å². The zero-order valence-corrected chi connectivity index (χ0v) is 25.6. The molecule has 42 heavy (non-hydrogen) atoms. The topological polar surface area (TPSA) is 130 Å². The number of rotatable bonds is 13. The third-order valence-electron chi connectivity index (χ3n) is 7.73. The SMILES string of the molecule is CC(C)OC(=O)COC[C@H](C)NC1CCC(Nc2cc(-c3cccc(NCC4(C#N)CCOCC4)n3)c(Cl)cn2)CC1. The number of nitriles is 1. The fraction of sp³-hybridized carbons (Fsp3) is 0.613. The van der Waals surface area contributed by atoms with E-state index < -0.39 is 5.41 Å². The van der Waals surface area contributed by atoms with E-state index in [1.54, 1.807) is 6.20 Å². The van der Waals surface area contributed by atoms with E-state index in [4.69, 9.17) is 30.8 Å². The Morgan fingerprint density at radius 3 is 2.62 bits per heavy atom. The Morgan fingerprint density at radius 1 is 1.17 bits per heavy atom. The third kappa shape index (κ3) is 9.53. The van der Waals surface area contributed by atoms with Crippen LogP contribution in [0, 0.1) is 16.7 Å². The number of carbonyl (C=O) groups is 1. The molecule has 3 N–H and O–H groups in total. The highest BCUT2D eigenvalue weighted by molar-refractivity contribution is 6.33. The van der Waals surface area contributed by atoms with E-state index in [1.165, 1.54) is 0 Å². The molecule has 0 spiro atoms. The number of hydrogen-bond acceptors (Lipinski definition) is 10. The monoisotopic (exact) mass is 598 g/mol. The summed E-state index contributed by atoms with van der Waals surface area (Å²) in [6.45, 7) is 7.90. The smallest absolute Gasteiger partial charge is 0.332 e. The van der Waals surface area contributed by atoms with Gasteiger partial charge < -0.3 is 30.2 Å². The molecular weight excluding hydrogens is 556 g/mol. The average molecular weight is 599 g/mol. The summed E-state index contributed by atoms with van der Waals surface area (Å²) in [4.78, 5) is 21.0. The Balaban J connectivity index is 1.26. The lowest BCUT2D eigenvalue weighted by atomic mass is 9.82. The zero-order chi connectivity index (χ0) is 30.0. The average Bonchev–Trinajstić information content (AvgIpc) is 2.98. The summed E-state index contributed by atoms with van der Waals surface area (Å²) in [5.74, 6) is 1.14. The maximum Gasteiger partial charge on any atom is 0.332 e. The van der Waals surface area contributed by atoms with Gasteiger partial charge in [-0.1, -0.05) is 17.7 Å². The van der Waals surface area contributed by atoms with E-state index in [-0.39, 0.29) is 24.7 Å². The Kier molecular flexibility index (Phi) is 11.8. The van der Waals surface area contributed by atoms with E-state index in [1.807, 2.05) is 38.1 Å². The fourth-order valence-electron chi connectivity index (χ4n) is 5.43. The molecule has 1 aliphatic carbocycles. The second-order valence-electron chi connectivity index (χ2n) is 11.6. The lowest BCUT2D eigenvalue weighted by molar-refractivity contribution is -0.152. The van der Waals surface area contributed by atoms with Gasteiger partial charge in [0.2, 0.25) is 0 Å². The molecule has 0 amide bonds. The van der Waals surface area contributed by atoms with Crippen molar-refractivity contribution in [2.45, 2.75) is 83.5 Å². The van der Waals surface area contributed by atoms with E-state index in [9.17, 15) is 10.1 Å². The molecule has 2 aliphatic rings. The molecule has 10 nitrogen and oxygen atoms in total. The minimum Gasteiger partial charge on any atom is -0.461 e. The Bertz CT molecular complexity index is 1210. The van der Waals surface area contributed by atoms with E-state index >= 15 is 0 Å². The van der Waals surface area contributed by atoms with E-state index in [0.717, 1.165) is 42.8 Å². The van der Waals surface area contributed by atoms with Gasteiger partial charge in [0.15, 0.2) is 0 Å². The number of anilines is 2. The molecular formula is C31H43ClN6O4. The molecule has 2 aromatic rings. The molecule has 1 saturated heterocycles. The maximum absolute atomic E-state index is 11.6. The van der Waals surface area contributed by atoms with Crippen LogP contribution in [0.3, 0.4) is 0 Å². The molecule has 4 rings (SSSR count). The highest BCUT2D eigenvalue weighted by Gasteiger charge is 2.32. The number of aromatic nitrogens is 2. The van der Waals surface area contributed by atoms with Crippen LogP contribution in [0.25, 0.3) is 11.3 Å². The highest BCUT2D eigenvalue weighted by atomic mass is 35.5. The molecule has 0 aromatic carbocycles. The van der Waals surface area contributed by atoms with Gasteiger partial charge in [-0.2, -0.15) is 5.26 Å². The van der Waals surface area contributed by atoms with Crippen LogP contribution in [-0.2, 0) is 19.0 Å². The van der Waals surface area contributed by atoms with Crippen LogP contribution < -0.4 is 16.0 Å². The second kappa shape index (κ2) is 15.5. The Labute approximate surface area is 253 Å². The number of pyridine rings is 2. The number of halogens is 1. The molecule has 1 aliphatic heterocycles. The molecule has 3 heterocycles. The zero-order valence-electron chi connectivity index (χ0n) is 24.8. The first-order valence-corrected chi connectivity index (χ1v) is 15.3. The summed E-state index contributed by atoms with van der Waals surface area (Å²) < 4.78 is 16.1. The molecule has 2 aromatic heterocycles. The minimum atomic E-state index is -0.440. The van der Waals surface area contributed by atoms with Crippen molar-refractivity contribution in [1.29, 1.82) is 5.26 Å². The molecule has 0 bridgehead atoms. The predicted octanol–water partition coefficient (Wildman–Crippen LogP) is 5.20. The van der Waals surface area contributed by atoms with Crippen molar-refractivity contribution >= 4 is 29.2 Å². The summed E-state index contributed by atoms with van der Waals surface area (Å²) in [5.41, 5.74) is 1.11. The number of hydrogen-bond donors (Lipinski definition) is 3. The lowest BCUT2D eigenvalue weighted by Crippen LogP contribution is -2.43. The maximum atomic E-state index is 11.6. The van der Waals surface area contributed by atoms with Crippen molar-refractivity contribution < 1.29 is 19.0 Å². The van der Waals surface area contributed by atoms with Crippen LogP contribution >= 0.6 is 11.6 Å². The lowest BCUT2D eigenvalue weighted by Gasteiger charge is -2.32. The molecule has 1 saturated carbocycles. The van der Waals surface area contributed by atoms with Gasteiger partial charge in [-0.3, -0.25) is 0 Å². The van der Waals surface area contributed by atoms with Gasteiger partial charge in [0.05, 0.1) is 34.9 Å². The molecule has 0 radical (unpaired) electrons. The predicted molar refractivity (Wildman–Crippen MR) is 163 cm³/mol. The van der Waals surface area contributed by atoms with E-state index in [0.29, 0.717) is 62.1 Å². The number of nitrogens with one attached hydrogen (secondary N) is 3. The number of nitrogens with zero attached hydrogens (tertiary/aromatic N) is 3. The van der Waals surface area contributed by atoms with Crippen molar-refractivity contribution in [2.75, 3.05) is 43.6 Å². The summed E-state index contributed by atoms with van der Waals surface area (Å²) in [6.07, 6.45) is 7.04. The van der Waals surface area contributed by atoms with Crippen molar-refractivity contribution in [3.8, 4) is 17.3 Å². The van der Waals surface area contributed by atoms with Gasteiger partial charge in [0.25, 0.3) is 0 Å². The number of carbonyl (C=O) groups excluding carboxylic acids is 1. The third-order valence-corrected chi connectivity index (χ3v) is 8.03. The normalized spacial score (nSPS) is 20.9. The molecule has 2 fully saturated rings. The summed E-state index contributed by atoms with van der Waals surface area (Å²) in [6, 6.07) is 11.1. The van der Waals surface area contributed by atoms with Crippen molar-refractivity contribution in [2.24, 2.45) is 5.41 Å². The number of esters is 1. The van der Waals surface area contributed by atoms with Crippen LogP contribution in [0.1, 0.15) is 59.3 Å². The first kappa shape index (κ1) is 32.0. The molecule has 228 valence electrons. The largest absolute Gasteiger partial charge is 0.461 e. The van der Waals surface area contributed by atoms with Gasteiger partial charge in [-0.25, -0.2) is 14.8 Å². The number of ether oxygens (including phenoxy) is 3. The Hall–Kier alpha value is -2.97. The standard InChI is InChI=1S/C31H43ClN6O4/c1-21(2)42-30(39)18-41-17-22(3)36-23-7-9-24(10-8-23)37-29-15-25(26(32)16-34-29)27-5-4-6-28(38-27)35-20-31(19-33)11-13-40-14-12-31/h4-6,15-16,21-24,36H,7-14,17-18,20H2,1-3H3,(H,34,37)(H,35,38)/t22-,23?,24?/m0/s1. The Morgan fingerprint density at radius 2 is 1.90 bits per heavy atom. The van der Waals surface area contributed by atoms with Crippen LogP contribution in [-0.4, -0.2) is 73.1 Å². The summed E-state index contributed by atoms with van der Waals surface area (Å²) >= 11 is 6.56. The highest BCUT2D eigenvalue weighted by Crippen LogP contribution is 2.32. The summed E-state index contributed by atoms with van der Waals surface area (Å²) in [5, 5.41) is 20.9. The van der Waals surface area contributed by atoms with Gasteiger partial charge in [-0.05, 0) is 77.5 Å². The fourth-order valence-corrected chi connectivity index (χ4v) is 5.63. The first-order chi connectivity index (χ1) is 20.2. The second-order valence-corrected chi connectivity index (χ2v) is 12.0. The summed E-state index contributed by atoms with van der Waals surface area (Å²) in [7, 11) is 0.